The minimum atomic E-state index is -1.83. The third-order valence-corrected chi connectivity index (χ3v) is 2.21. The Kier molecular flexibility index (Phi) is 3.51. The number of aliphatic hydroxyl groups excluding tert-OH is 2. The quantitative estimate of drug-likeness (QED) is 0.551. The van der Waals surface area contributed by atoms with E-state index in [1.807, 2.05) is 0 Å². The first-order chi connectivity index (χ1) is 6.54. The second-order valence-corrected chi connectivity index (χ2v) is 3.27. The van der Waals surface area contributed by atoms with E-state index in [-0.39, 0.29) is 0 Å². The summed E-state index contributed by atoms with van der Waals surface area (Å²) in [7, 11) is 0. The van der Waals surface area contributed by atoms with Crippen molar-refractivity contribution in [1.29, 1.82) is 0 Å². The third kappa shape index (κ3) is 2.25. The molecule has 0 aliphatic rings. The molecule has 2 atom stereocenters. The second-order valence-electron chi connectivity index (χ2n) is 2.79. The van der Waals surface area contributed by atoms with Crippen LogP contribution in [-0.2, 0) is 4.79 Å². The highest BCUT2D eigenvalue weighted by atomic mass is 32.1. The number of carboxylic acid groups (broad SMARTS) is 1. The lowest BCUT2D eigenvalue weighted by molar-refractivity contribution is -0.153. The van der Waals surface area contributed by atoms with Gasteiger partial charge in [0.25, 0.3) is 0 Å². The molecule has 5 heteroatoms. The van der Waals surface area contributed by atoms with Gasteiger partial charge in [0.15, 0.2) is 6.10 Å². The van der Waals surface area contributed by atoms with Crippen LogP contribution in [-0.4, -0.2) is 27.4 Å². The Hall–Kier alpha value is -1.04. The Labute approximate surface area is 86.2 Å². The summed E-state index contributed by atoms with van der Waals surface area (Å²) in [6.07, 6.45) is -3.29. The largest absolute Gasteiger partial charge is 0.479 e. The molecule has 1 aromatic carbocycles. The van der Waals surface area contributed by atoms with E-state index in [1.165, 1.54) is 6.07 Å². The average molecular weight is 214 g/mol. The number of hydrogen-bond acceptors (Lipinski definition) is 4. The molecule has 0 amide bonds. The first kappa shape index (κ1) is 11.0. The number of hydrogen-bond donors (Lipinski definition) is 4. The SMILES string of the molecule is O=C(O)C(O)C(O)c1ccccc1S. The van der Waals surface area contributed by atoms with Crippen molar-refractivity contribution in [2.75, 3.05) is 0 Å². The molecule has 1 aromatic rings. The average Bonchev–Trinajstić information content (AvgIpc) is 2.16. The standard InChI is InChI=1S/C9H10O4S/c10-7(8(11)9(12)13)5-3-1-2-4-6(5)14/h1-4,7-8,10-11,14H,(H,12,13). The fourth-order valence-electron chi connectivity index (χ4n) is 1.04. The van der Waals surface area contributed by atoms with Crippen LogP contribution in [0.3, 0.4) is 0 Å². The summed E-state index contributed by atoms with van der Waals surface area (Å²) in [6.45, 7) is 0. The molecular weight excluding hydrogens is 204 g/mol. The van der Waals surface area contributed by atoms with Gasteiger partial charge in [0.05, 0.1) is 0 Å². The normalized spacial score (nSPS) is 14.8. The van der Waals surface area contributed by atoms with Gasteiger partial charge in [0.2, 0.25) is 0 Å². The maximum Gasteiger partial charge on any atom is 0.335 e. The van der Waals surface area contributed by atoms with Gasteiger partial charge < -0.3 is 15.3 Å². The number of carboxylic acids is 1. The van der Waals surface area contributed by atoms with E-state index in [0.29, 0.717) is 10.5 Å². The van der Waals surface area contributed by atoms with E-state index in [1.54, 1.807) is 18.2 Å². The first-order valence-electron chi connectivity index (χ1n) is 3.91. The molecule has 0 fully saturated rings. The van der Waals surface area contributed by atoms with Crippen molar-refractivity contribution in [2.24, 2.45) is 0 Å². The molecule has 0 aliphatic carbocycles. The van der Waals surface area contributed by atoms with Gasteiger partial charge in [-0.05, 0) is 11.6 Å². The summed E-state index contributed by atoms with van der Waals surface area (Å²) in [5.74, 6) is -1.46. The van der Waals surface area contributed by atoms with Crippen molar-refractivity contribution in [3.05, 3.63) is 29.8 Å². The molecule has 0 spiro atoms. The van der Waals surface area contributed by atoms with Crippen LogP contribution in [0.2, 0.25) is 0 Å². The first-order valence-corrected chi connectivity index (χ1v) is 4.35. The second kappa shape index (κ2) is 4.45. The predicted octanol–water partition coefficient (Wildman–Crippen LogP) is 0.454. The van der Waals surface area contributed by atoms with Gasteiger partial charge in [0.1, 0.15) is 6.10 Å². The maximum absolute atomic E-state index is 10.4. The summed E-state index contributed by atoms with van der Waals surface area (Å²) in [5.41, 5.74) is 0.297. The van der Waals surface area contributed by atoms with Crippen molar-refractivity contribution in [2.45, 2.75) is 17.1 Å². The van der Waals surface area contributed by atoms with Crippen LogP contribution >= 0.6 is 12.6 Å². The fraction of sp³-hybridized carbons (Fsp3) is 0.222. The zero-order valence-corrected chi connectivity index (χ0v) is 8.06. The van der Waals surface area contributed by atoms with Crippen LogP contribution in [0.4, 0.5) is 0 Å². The molecule has 2 unspecified atom stereocenters. The smallest absolute Gasteiger partial charge is 0.335 e. The molecule has 1 rings (SSSR count). The van der Waals surface area contributed by atoms with Gasteiger partial charge in [-0.15, -0.1) is 12.6 Å². The van der Waals surface area contributed by atoms with Gasteiger partial charge in [-0.25, -0.2) is 4.79 Å². The van der Waals surface area contributed by atoms with Crippen molar-refractivity contribution in [3.63, 3.8) is 0 Å². The highest BCUT2D eigenvalue weighted by Crippen LogP contribution is 2.23. The van der Waals surface area contributed by atoms with Gasteiger partial charge in [-0.3, -0.25) is 0 Å². The lowest BCUT2D eigenvalue weighted by Crippen LogP contribution is -2.27. The summed E-state index contributed by atoms with van der Waals surface area (Å²) in [6, 6.07) is 6.45. The lowest BCUT2D eigenvalue weighted by Gasteiger charge is -2.15. The van der Waals surface area contributed by atoms with Crippen molar-refractivity contribution in [3.8, 4) is 0 Å². The van der Waals surface area contributed by atoms with Crippen molar-refractivity contribution in [1.82, 2.24) is 0 Å². The number of carbonyl (C=O) groups is 1. The summed E-state index contributed by atoms with van der Waals surface area (Å²) in [5, 5.41) is 27.0. The number of thiol groups is 1. The molecule has 0 saturated heterocycles. The maximum atomic E-state index is 10.4. The number of aliphatic carboxylic acids is 1. The fourth-order valence-corrected chi connectivity index (χ4v) is 1.34. The van der Waals surface area contributed by atoms with Crippen LogP contribution in [0.15, 0.2) is 29.2 Å². The highest BCUT2D eigenvalue weighted by molar-refractivity contribution is 7.80. The summed E-state index contributed by atoms with van der Waals surface area (Å²) >= 11 is 4.04. The molecule has 0 aliphatic heterocycles. The minimum absolute atomic E-state index is 0.297. The zero-order valence-electron chi connectivity index (χ0n) is 7.16. The van der Waals surface area contributed by atoms with Gasteiger partial charge in [-0.1, -0.05) is 18.2 Å². The molecule has 0 radical (unpaired) electrons. The van der Waals surface area contributed by atoms with E-state index in [9.17, 15) is 9.90 Å². The zero-order chi connectivity index (χ0) is 10.7. The predicted molar refractivity (Wildman–Crippen MR) is 52.3 cm³/mol. The third-order valence-electron chi connectivity index (χ3n) is 1.81. The molecule has 76 valence electrons. The van der Waals surface area contributed by atoms with E-state index in [4.69, 9.17) is 10.2 Å². The van der Waals surface area contributed by atoms with Crippen molar-refractivity contribution >= 4 is 18.6 Å². The Morgan fingerprint density at radius 2 is 1.86 bits per heavy atom. The molecule has 0 heterocycles. The molecule has 3 N–H and O–H groups in total. The van der Waals surface area contributed by atoms with Crippen LogP contribution in [0.25, 0.3) is 0 Å². The lowest BCUT2D eigenvalue weighted by atomic mass is 10.0. The Bertz CT molecular complexity index is 339. The molecule has 0 bridgehead atoms. The van der Waals surface area contributed by atoms with Gasteiger partial charge in [-0.2, -0.15) is 0 Å². The van der Waals surface area contributed by atoms with Crippen LogP contribution in [0.1, 0.15) is 11.7 Å². The monoisotopic (exact) mass is 214 g/mol. The van der Waals surface area contributed by atoms with Crippen LogP contribution in [0, 0.1) is 0 Å². The molecule has 14 heavy (non-hydrogen) atoms. The van der Waals surface area contributed by atoms with Gasteiger partial charge in [0, 0.05) is 4.90 Å². The summed E-state index contributed by atoms with van der Waals surface area (Å²) < 4.78 is 0. The van der Waals surface area contributed by atoms with E-state index in [2.05, 4.69) is 12.6 Å². The molecule has 0 aromatic heterocycles. The minimum Gasteiger partial charge on any atom is -0.479 e. The van der Waals surface area contributed by atoms with E-state index < -0.39 is 18.2 Å². The topological polar surface area (TPSA) is 77.8 Å². The Morgan fingerprint density at radius 3 is 2.36 bits per heavy atom. The highest BCUT2D eigenvalue weighted by Gasteiger charge is 2.26. The van der Waals surface area contributed by atoms with E-state index in [0.717, 1.165) is 0 Å². The Balaban J connectivity index is 2.94. The van der Waals surface area contributed by atoms with E-state index >= 15 is 0 Å². The van der Waals surface area contributed by atoms with Crippen molar-refractivity contribution < 1.29 is 20.1 Å². The Morgan fingerprint density at radius 1 is 1.29 bits per heavy atom. The van der Waals surface area contributed by atoms with Crippen LogP contribution in [0.5, 0.6) is 0 Å². The molecule has 0 saturated carbocycles. The van der Waals surface area contributed by atoms with Gasteiger partial charge >= 0.3 is 5.97 Å². The number of rotatable bonds is 3. The summed E-state index contributed by atoms with van der Waals surface area (Å²) in [4.78, 5) is 10.8. The number of benzene rings is 1. The number of aliphatic hydroxyl groups is 2. The molecular formula is C9H10O4S. The van der Waals surface area contributed by atoms with Crippen LogP contribution < -0.4 is 0 Å². The molecule has 4 nitrogen and oxygen atoms in total.